The van der Waals surface area contributed by atoms with Crippen LogP contribution in [0.5, 0.6) is 0 Å². The number of carbonyl (C=O) groups excluding carboxylic acids is 1. The monoisotopic (exact) mass is 579 g/mol. The second kappa shape index (κ2) is 11.4. The molecule has 1 aromatic heterocycles. The van der Waals surface area contributed by atoms with E-state index in [1.807, 2.05) is 4.57 Å². The van der Waals surface area contributed by atoms with Gasteiger partial charge in [0.1, 0.15) is 5.52 Å². The first kappa shape index (κ1) is 25.4. The van der Waals surface area contributed by atoms with E-state index in [0.717, 1.165) is 56.6 Å². The molecule has 1 saturated carbocycles. The number of aromatic nitrogens is 2. The highest BCUT2D eigenvalue weighted by Gasteiger charge is 2.25. The van der Waals surface area contributed by atoms with Crippen molar-refractivity contribution in [3.05, 3.63) is 51.5 Å². The Morgan fingerprint density at radius 3 is 2.81 bits per heavy atom. The van der Waals surface area contributed by atoms with Crippen LogP contribution in [-0.4, -0.2) is 59.8 Å². The Labute approximate surface area is 222 Å². The molecule has 1 aliphatic heterocycles. The zero-order valence-corrected chi connectivity index (χ0v) is 22.1. The maximum absolute atomic E-state index is 15.8. The Bertz CT molecular complexity index is 1250. The van der Waals surface area contributed by atoms with Gasteiger partial charge >= 0.3 is 0 Å². The van der Waals surface area contributed by atoms with Crippen LogP contribution in [0.1, 0.15) is 29.6 Å². The summed E-state index contributed by atoms with van der Waals surface area (Å²) in [5, 5.41) is 3.39. The van der Waals surface area contributed by atoms with Crippen molar-refractivity contribution >= 4 is 55.8 Å². The molecule has 2 aliphatic rings. The summed E-state index contributed by atoms with van der Waals surface area (Å²) in [6.45, 7) is 5.33. The molecule has 0 bridgehead atoms. The third-order valence-electron chi connectivity index (χ3n) is 6.45. The fourth-order valence-corrected chi connectivity index (χ4v) is 4.94. The number of carbonyl (C=O) groups is 1. The summed E-state index contributed by atoms with van der Waals surface area (Å²) in [6, 6.07) is 6.85. The summed E-state index contributed by atoms with van der Waals surface area (Å²) in [5.41, 5.74) is 3.80. The molecular formula is C25H28BrClFN5O3. The molecule has 192 valence electrons. The molecule has 5 rings (SSSR count). The minimum Gasteiger partial charge on any atom is -0.379 e. The molecule has 0 atom stereocenters. The van der Waals surface area contributed by atoms with Gasteiger partial charge < -0.3 is 14.6 Å². The lowest BCUT2D eigenvalue weighted by Crippen LogP contribution is -2.37. The van der Waals surface area contributed by atoms with Crippen LogP contribution < -0.4 is 10.8 Å². The predicted molar refractivity (Wildman–Crippen MR) is 140 cm³/mol. The van der Waals surface area contributed by atoms with Gasteiger partial charge in [-0.1, -0.05) is 27.5 Å². The number of imidazole rings is 1. The second-order valence-electron chi connectivity index (χ2n) is 9.16. The number of benzene rings is 2. The lowest BCUT2D eigenvalue weighted by Gasteiger charge is -2.26. The van der Waals surface area contributed by atoms with Crippen LogP contribution in [-0.2, 0) is 16.1 Å². The van der Waals surface area contributed by atoms with E-state index < -0.39 is 11.7 Å². The summed E-state index contributed by atoms with van der Waals surface area (Å²) in [6.07, 6.45) is 4.67. The first-order valence-corrected chi connectivity index (χ1v) is 13.3. The van der Waals surface area contributed by atoms with Crippen molar-refractivity contribution < 1.29 is 18.8 Å². The third kappa shape index (κ3) is 6.00. The number of amides is 1. The quantitative estimate of drug-likeness (QED) is 0.324. The highest BCUT2D eigenvalue weighted by molar-refractivity contribution is 9.10. The van der Waals surface area contributed by atoms with E-state index >= 15 is 4.39 Å². The van der Waals surface area contributed by atoms with Gasteiger partial charge in [-0.25, -0.2) is 14.9 Å². The maximum atomic E-state index is 15.8. The van der Waals surface area contributed by atoms with Gasteiger partial charge in [0.25, 0.3) is 5.91 Å². The van der Waals surface area contributed by atoms with Crippen LogP contribution in [0.3, 0.4) is 0 Å². The van der Waals surface area contributed by atoms with Gasteiger partial charge in [0.05, 0.1) is 53.6 Å². The SMILES string of the molecule is O=C(NOCC1CC1)c1cc2c(ncn2CCCN2CCOCC2)c(F)c1Nc1ccc(Br)cc1Cl. The van der Waals surface area contributed by atoms with Crippen LogP contribution in [0.2, 0.25) is 5.02 Å². The predicted octanol–water partition coefficient (Wildman–Crippen LogP) is 5.13. The van der Waals surface area contributed by atoms with Crippen LogP contribution in [0.4, 0.5) is 15.8 Å². The molecular weight excluding hydrogens is 553 g/mol. The highest BCUT2D eigenvalue weighted by atomic mass is 79.9. The van der Waals surface area contributed by atoms with Crippen molar-refractivity contribution in [2.24, 2.45) is 5.92 Å². The Morgan fingerprint density at radius 1 is 1.25 bits per heavy atom. The third-order valence-corrected chi connectivity index (χ3v) is 7.26. The van der Waals surface area contributed by atoms with E-state index in [-0.39, 0.29) is 16.8 Å². The van der Waals surface area contributed by atoms with Gasteiger partial charge in [-0.15, -0.1) is 0 Å². The first-order valence-electron chi connectivity index (χ1n) is 12.1. The van der Waals surface area contributed by atoms with Crippen molar-refractivity contribution in [2.75, 3.05) is 44.8 Å². The number of rotatable bonds is 10. The molecule has 1 amide bonds. The van der Waals surface area contributed by atoms with E-state index in [1.165, 1.54) is 0 Å². The number of hydroxylamine groups is 1. The normalized spacial score (nSPS) is 16.4. The molecule has 8 nitrogen and oxygen atoms in total. The van der Waals surface area contributed by atoms with Gasteiger partial charge in [-0.2, -0.15) is 0 Å². The number of halogens is 3. The lowest BCUT2D eigenvalue weighted by molar-refractivity contribution is 0.0271. The van der Waals surface area contributed by atoms with Gasteiger partial charge in [0, 0.05) is 30.7 Å². The number of nitrogens with one attached hydrogen (secondary N) is 2. The van der Waals surface area contributed by atoms with Gasteiger partial charge in [-0.05, 0) is 49.4 Å². The second-order valence-corrected chi connectivity index (χ2v) is 10.5. The number of nitrogens with zero attached hydrogens (tertiary/aromatic N) is 3. The average molecular weight is 581 g/mol. The smallest absolute Gasteiger partial charge is 0.277 e. The maximum Gasteiger partial charge on any atom is 0.277 e. The summed E-state index contributed by atoms with van der Waals surface area (Å²) < 4.78 is 23.9. The fraction of sp³-hybridized carbons (Fsp3) is 0.440. The number of ether oxygens (including phenoxy) is 1. The number of anilines is 2. The Hall–Kier alpha value is -2.24. The number of hydrogen-bond acceptors (Lipinski definition) is 6. The molecule has 36 heavy (non-hydrogen) atoms. The van der Waals surface area contributed by atoms with Gasteiger partial charge in [0.15, 0.2) is 5.82 Å². The molecule has 2 N–H and O–H groups in total. The van der Waals surface area contributed by atoms with Crippen molar-refractivity contribution in [1.82, 2.24) is 19.9 Å². The number of fused-ring (bicyclic) bond motifs is 1. The highest BCUT2D eigenvalue weighted by Crippen LogP contribution is 2.34. The molecule has 2 aromatic carbocycles. The van der Waals surface area contributed by atoms with Crippen LogP contribution in [0.15, 0.2) is 35.1 Å². The largest absolute Gasteiger partial charge is 0.379 e. The van der Waals surface area contributed by atoms with Crippen molar-refractivity contribution in [1.29, 1.82) is 0 Å². The summed E-state index contributed by atoms with van der Waals surface area (Å²) in [5.74, 6) is -0.685. The molecule has 1 saturated heterocycles. The summed E-state index contributed by atoms with van der Waals surface area (Å²) >= 11 is 9.73. The number of hydrogen-bond donors (Lipinski definition) is 2. The Balaban J connectivity index is 1.42. The van der Waals surface area contributed by atoms with Gasteiger partial charge in [0.2, 0.25) is 0 Å². The Morgan fingerprint density at radius 2 is 2.06 bits per heavy atom. The molecule has 2 fully saturated rings. The summed E-state index contributed by atoms with van der Waals surface area (Å²) in [7, 11) is 0. The van der Waals surface area contributed by atoms with Crippen molar-refractivity contribution in [3.8, 4) is 0 Å². The molecule has 2 heterocycles. The molecule has 1 aliphatic carbocycles. The average Bonchev–Trinajstić information content (AvgIpc) is 3.61. The summed E-state index contributed by atoms with van der Waals surface area (Å²) in [4.78, 5) is 25.2. The number of aryl methyl sites for hydroxylation is 1. The van der Waals surface area contributed by atoms with E-state index in [1.54, 1.807) is 30.6 Å². The molecule has 0 spiro atoms. The van der Waals surface area contributed by atoms with E-state index in [0.29, 0.717) is 35.3 Å². The Kier molecular flexibility index (Phi) is 8.07. The minimum absolute atomic E-state index is 0.00203. The standard InChI is InChI=1S/C25H28BrClFN5O3/c26-17-4-5-20(19(27)12-17)30-23-18(25(34)31-36-14-16-2-3-16)13-21-24(22(23)28)29-15-33(21)7-1-6-32-8-10-35-11-9-32/h4-5,12-13,15-16,30H,1-3,6-11,14H2,(H,31,34). The number of morpholine rings is 1. The van der Waals surface area contributed by atoms with Crippen LogP contribution >= 0.6 is 27.5 Å². The zero-order chi connectivity index (χ0) is 25.1. The van der Waals surface area contributed by atoms with E-state index in [4.69, 9.17) is 21.2 Å². The first-order chi connectivity index (χ1) is 17.5. The van der Waals surface area contributed by atoms with E-state index in [2.05, 4.69) is 36.6 Å². The fourth-order valence-electron chi connectivity index (χ4n) is 4.22. The molecule has 3 aromatic rings. The molecule has 11 heteroatoms. The lowest BCUT2D eigenvalue weighted by atomic mass is 10.1. The van der Waals surface area contributed by atoms with Gasteiger partial charge in [-0.3, -0.25) is 14.5 Å². The van der Waals surface area contributed by atoms with Crippen LogP contribution in [0, 0.1) is 11.7 Å². The minimum atomic E-state index is -0.620. The topological polar surface area (TPSA) is 80.7 Å². The molecule has 0 unspecified atom stereocenters. The van der Waals surface area contributed by atoms with Crippen LogP contribution in [0.25, 0.3) is 11.0 Å². The van der Waals surface area contributed by atoms with Crippen molar-refractivity contribution in [3.63, 3.8) is 0 Å². The van der Waals surface area contributed by atoms with Crippen molar-refractivity contribution in [2.45, 2.75) is 25.8 Å². The zero-order valence-electron chi connectivity index (χ0n) is 19.7. The molecule has 0 radical (unpaired) electrons. The van der Waals surface area contributed by atoms with E-state index in [9.17, 15) is 4.79 Å².